The average Bonchev–Trinajstić information content (AvgIpc) is 1.98. The first-order chi connectivity index (χ1) is 6.85. The van der Waals surface area contributed by atoms with E-state index in [9.17, 15) is 23.1 Å². The Hall–Kier alpha value is -0.820. The van der Waals surface area contributed by atoms with Crippen LogP contribution in [-0.2, 0) is 4.79 Å². The molecule has 3 N–H and O–H groups in total. The van der Waals surface area contributed by atoms with Gasteiger partial charge in [0.15, 0.2) is 5.60 Å². The number of hydrogen-bond donors (Lipinski definition) is 3. The summed E-state index contributed by atoms with van der Waals surface area (Å²) in [6.07, 6.45) is -4.96. The summed E-state index contributed by atoms with van der Waals surface area (Å²) in [7, 11) is 0. The van der Waals surface area contributed by atoms with Gasteiger partial charge in [-0.05, 0) is 12.3 Å². The number of carbonyl (C=O) groups is 1. The summed E-state index contributed by atoms with van der Waals surface area (Å²) in [4.78, 5) is 11.2. The fourth-order valence-electron chi connectivity index (χ4n) is 1.72. The van der Waals surface area contributed by atoms with Crippen molar-refractivity contribution in [2.45, 2.75) is 39.5 Å². The van der Waals surface area contributed by atoms with Crippen LogP contribution < -0.4 is 5.48 Å². The molecule has 0 aromatic rings. The first-order valence-electron chi connectivity index (χ1n) is 4.58. The van der Waals surface area contributed by atoms with Gasteiger partial charge in [0.1, 0.15) is 0 Å². The van der Waals surface area contributed by atoms with Crippen molar-refractivity contribution < 1.29 is 28.3 Å². The fourth-order valence-corrected chi connectivity index (χ4v) is 1.72. The van der Waals surface area contributed by atoms with E-state index in [0.29, 0.717) is 6.92 Å². The maximum absolute atomic E-state index is 12.6. The number of alkyl halides is 3. The monoisotopic (exact) mass is 243 g/mol. The van der Waals surface area contributed by atoms with Crippen LogP contribution in [0.3, 0.4) is 0 Å². The normalized spacial score (nSPS) is 18.8. The molecular formula is C9H16F3NO3. The molecule has 16 heavy (non-hydrogen) atoms. The highest BCUT2D eigenvalue weighted by molar-refractivity contribution is 5.79. The number of nitrogens with one attached hydrogen (secondary N) is 1. The van der Waals surface area contributed by atoms with E-state index in [1.807, 2.05) is 0 Å². The van der Waals surface area contributed by atoms with Crippen LogP contribution in [0, 0.1) is 11.3 Å². The topological polar surface area (TPSA) is 69.6 Å². The number of hydrogen-bond acceptors (Lipinski definition) is 3. The molecule has 0 aromatic carbocycles. The third kappa shape index (κ3) is 2.85. The molecule has 0 fully saturated rings. The molecule has 96 valence electrons. The average molecular weight is 243 g/mol. The molecule has 0 aliphatic carbocycles. The SMILES string of the molecule is CC(C)(C)C(C(=O)NO)C(C)(O)C(F)(F)F. The van der Waals surface area contributed by atoms with Crippen molar-refractivity contribution in [3.8, 4) is 0 Å². The Morgan fingerprint density at radius 2 is 1.56 bits per heavy atom. The molecular weight excluding hydrogens is 227 g/mol. The summed E-state index contributed by atoms with van der Waals surface area (Å²) in [6.45, 7) is 4.62. The van der Waals surface area contributed by atoms with E-state index in [-0.39, 0.29) is 0 Å². The molecule has 2 atom stereocenters. The molecule has 0 aliphatic rings. The molecule has 0 spiro atoms. The van der Waals surface area contributed by atoms with Gasteiger partial charge in [-0.3, -0.25) is 10.0 Å². The van der Waals surface area contributed by atoms with Crippen molar-refractivity contribution in [3.63, 3.8) is 0 Å². The molecule has 0 saturated carbocycles. The maximum atomic E-state index is 12.6. The standard InChI is InChI=1S/C9H16F3NO3/c1-7(2,3)5(6(14)13-16)8(4,15)9(10,11)12/h5,15-16H,1-4H3,(H,13,14). The number of carbonyl (C=O) groups excluding carboxylic acids is 1. The second-order valence-corrected chi connectivity index (χ2v) is 4.92. The van der Waals surface area contributed by atoms with Crippen LogP contribution in [0.15, 0.2) is 0 Å². The molecule has 2 unspecified atom stereocenters. The number of aliphatic hydroxyl groups is 1. The Labute approximate surface area is 91.4 Å². The minimum Gasteiger partial charge on any atom is -0.380 e. The highest BCUT2D eigenvalue weighted by atomic mass is 19.4. The molecule has 7 heteroatoms. The Morgan fingerprint density at radius 1 is 1.19 bits per heavy atom. The van der Waals surface area contributed by atoms with Crippen molar-refractivity contribution in [2.24, 2.45) is 11.3 Å². The van der Waals surface area contributed by atoms with Crippen LogP contribution >= 0.6 is 0 Å². The van der Waals surface area contributed by atoms with Crippen molar-refractivity contribution in [2.75, 3.05) is 0 Å². The Balaban J connectivity index is 5.46. The van der Waals surface area contributed by atoms with E-state index in [1.165, 1.54) is 20.8 Å². The molecule has 0 radical (unpaired) electrons. The summed E-state index contributed by atoms with van der Waals surface area (Å²) in [5.41, 5.74) is -3.22. The third-order valence-electron chi connectivity index (χ3n) is 2.37. The van der Waals surface area contributed by atoms with Crippen molar-refractivity contribution in [1.29, 1.82) is 0 Å². The van der Waals surface area contributed by atoms with Gasteiger partial charge in [-0.2, -0.15) is 13.2 Å². The minimum atomic E-state index is -4.96. The smallest absolute Gasteiger partial charge is 0.380 e. The quantitative estimate of drug-likeness (QED) is 0.508. The highest BCUT2D eigenvalue weighted by Gasteiger charge is 2.60. The summed E-state index contributed by atoms with van der Waals surface area (Å²) < 4.78 is 37.8. The zero-order chi connectivity index (χ0) is 13.4. The first kappa shape index (κ1) is 15.2. The van der Waals surface area contributed by atoms with Crippen LogP contribution in [-0.4, -0.2) is 28.0 Å². The van der Waals surface area contributed by atoms with E-state index in [1.54, 1.807) is 0 Å². The number of halogens is 3. The van der Waals surface area contributed by atoms with Crippen LogP contribution in [0.1, 0.15) is 27.7 Å². The summed E-state index contributed by atoms with van der Waals surface area (Å²) >= 11 is 0. The van der Waals surface area contributed by atoms with Gasteiger partial charge in [0, 0.05) is 0 Å². The van der Waals surface area contributed by atoms with Gasteiger partial charge in [0.2, 0.25) is 5.91 Å². The van der Waals surface area contributed by atoms with Gasteiger partial charge in [0.25, 0.3) is 0 Å². The lowest BCUT2D eigenvalue weighted by Crippen LogP contribution is -2.58. The van der Waals surface area contributed by atoms with E-state index in [4.69, 9.17) is 5.21 Å². The second kappa shape index (κ2) is 4.21. The van der Waals surface area contributed by atoms with Gasteiger partial charge < -0.3 is 5.11 Å². The van der Waals surface area contributed by atoms with Crippen molar-refractivity contribution >= 4 is 5.91 Å². The molecule has 0 bridgehead atoms. The van der Waals surface area contributed by atoms with Crippen molar-refractivity contribution in [3.05, 3.63) is 0 Å². The number of amides is 1. The summed E-state index contributed by atoms with van der Waals surface area (Å²) in [5.74, 6) is -3.08. The Bertz CT molecular complexity index is 268. The van der Waals surface area contributed by atoms with Gasteiger partial charge in [0.05, 0.1) is 5.92 Å². The lowest BCUT2D eigenvalue weighted by Gasteiger charge is -2.40. The van der Waals surface area contributed by atoms with Crippen LogP contribution in [0.5, 0.6) is 0 Å². The van der Waals surface area contributed by atoms with E-state index in [2.05, 4.69) is 0 Å². The predicted molar refractivity (Wildman–Crippen MR) is 49.6 cm³/mol. The molecule has 1 amide bonds. The minimum absolute atomic E-state index is 0.512. The lowest BCUT2D eigenvalue weighted by atomic mass is 9.70. The second-order valence-electron chi connectivity index (χ2n) is 4.92. The molecule has 0 heterocycles. The van der Waals surface area contributed by atoms with Gasteiger partial charge >= 0.3 is 6.18 Å². The fraction of sp³-hybridized carbons (Fsp3) is 0.889. The van der Waals surface area contributed by atoms with Gasteiger partial charge in [-0.25, -0.2) is 5.48 Å². The van der Waals surface area contributed by atoms with Crippen LogP contribution in [0.2, 0.25) is 0 Å². The maximum Gasteiger partial charge on any atom is 0.417 e. The number of rotatable bonds is 2. The molecule has 0 rings (SSSR count). The van der Waals surface area contributed by atoms with Gasteiger partial charge in [-0.1, -0.05) is 20.8 Å². The summed E-state index contributed by atoms with van der Waals surface area (Å²) in [6, 6.07) is 0. The third-order valence-corrected chi connectivity index (χ3v) is 2.37. The molecule has 0 aliphatic heterocycles. The number of hydroxylamine groups is 1. The zero-order valence-corrected chi connectivity index (χ0v) is 9.51. The first-order valence-corrected chi connectivity index (χ1v) is 4.58. The molecule has 0 aromatic heterocycles. The van der Waals surface area contributed by atoms with E-state index < -0.39 is 29.0 Å². The molecule has 4 nitrogen and oxygen atoms in total. The van der Waals surface area contributed by atoms with Gasteiger partial charge in [-0.15, -0.1) is 0 Å². The lowest BCUT2D eigenvalue weighted by molar-refractivity contribution is -0.279. The van der Waals surface area contributed by atoms with Crippen LogP contribution in [0.25, 0.3) is 0 Å². The predicted octanol–water partition coefficient (Wildman–Crippen LogP) is 1.47. The van der Waals surface area contributed by atoms with E-state index >= 15 is 0 Å². The molecule has 0 saturated heterocycles. The zero-order valence-electron chi connectivity index (χ0n) is 9.51. The van der Waals surface area contributed by atoms with Crippen LogP contribution in [0.4, 0.5) is 13.2 Å². The largest absolute Gasteiger partial charge is 0.417 e. The van der Waals surface area contributed by atoms with Crippen molar-refractivity contribution in [1.82, 2.24) is 5.48 Å². The Kier molecular flexibility index (Phi) is 4.00. The Morgan fingerprint density at radius 3 is 1.75 bits per heavy atom. The highest BCUT2D eigenvalue weighted by Crippen LogP contribution is 2.43. The van der Waals surface area contributed by atoms with E-state index in [0.717, 1.165) is 5.48 Å². The summed E-state index contributed by atoms with van der Waals surface area (Å²) in [5, 5.41) is 17.9.